The molecule has 1 saturated heterocycles. The number of furan rings is 1. The fraction of sp³-hybridized carbons (Fsp3) is 0.167. The molecular formula is C24H20FN3O5S. The summed E-state index contributed by atoms with van der Waals surface area (Å²) in [6.45, 7) is 1.63. The van der Waals surface area contributed by atoms with Gasteiger partial charge in [-0.25, -0.2) is 17.5 Å². The Kier molecular flexibility index (Phi) is 5.45. The zero-order valence-corrected chi connectivity index (χ0v) is 18.9. The third-order valence-corrected chi connectivity index (χ3v) is 7.04. The molecule has 1 amide bonds. The number of sulfonamides is 1. The van der Waals surface area contributed by atoms with Crippen LogP contribution in [0.25, 0.3) is 22.1 Å². The Bertz CT molecular complexity index is 1500. The normalized spacial score (nSPS) is 13.5. The van der Waals surface area contributed by atoms with Crippen molar-refractivity contribution in [3.05, 3.63) is 72.5 Å². The van der Waals surface area contributed by atoms with Crippen molar-refractivity contribution in [1.29, 1.82) is 0 Å². The Morgan fingerprint density at radius 2 is 1.97 bits per heavy atom. The van der Waals surface area contributed by atoms with Gasteiger partial charge in [-0.05, 0) is 36.2 Å². The first kappa shape index (κ1) is 21.9. The number of halogens is 1. The van der Waals surface area contributed by atoms with Gasteiger partial charge in [0.05, 0.1) is 12.5 Å². The summed E-state index contributed by atoms with van der Waals surface area (Å²) in [5.41, 5.74) is 2.09. The molecule has 5 rings (SSSR count). The van der Waals surface area contributed by atoms with Crippen molar-refractivity contribution in [2.75, 3.05) is 25.1 Å². The Labute approximate surface area is 195 Å². The number of anilines is 1. The number of hydrogen-bond donors (Lipinski definition) is 1. The molecule has 10 heteroatoms. The SMILES string of the molecule is COc1ccc(-c2cccnc2)cc1S(=O)(=O)NC(=O)c1cc2c(F)cc(N3CCC3)cc2o1. The summed E-state index contributed by atoms with van der Waals surface area (Å²) in [5.74, 6) is -1.82. The zero-order valence-electron chi connectivity index (χ0n) is 18.1. The Morgan fingerprint density at radius 1 is 1.15 bits per heavy atom. The first-order valence-corrected chi connectivity index (χ1v) is 12.0. The largest absolute Gasteiger partial charge is 0.495 e. The van der Waals surface area contributed by atoms with Crippen molar-refractivity contribution in [2.45, 2.75) is 11.3 Å². The summed E-state index contributed by atoms with van der Waals surface area (Å²) in [6, 6.07) is 12.3. The number of pyridine rings is 1. The van der Waals surface area contributed by atoms with Crippen molar-refractivity contribution in [3.63, 3.8) is 0 Å². The van der Waals surface area contributed by atoms with Gasteiger partial charge in [0.15, 0.2) is 5.76 Å². The molecule has 1 fully saturated rings. The van der Waals surface area contributed by atoms with E-state index < -0.39 is 21.7 Å². The number of ether oxygens (including phenoxy) is 1. The van der Waals surface area contributed by atoms with Crippen LogP contribution in [0.5, 0.6) is 5.75 Å². The quantitative estimate of drug-likeness (QED) is 0.445. The van der Waals surface area contributed by atoms with Gasteiger partial charge in [0.1, 0.15) is 22.0 Å². The average Bonchev–Trinajstić information content (AvgIpc) is 3.23. The van der Waals surface area contributed by atoms with Crippen LogP contribution in [0, 0.1) is 5.82 Å². The smallest absolute Gasteiger partial charge is 0.300 e. The maximum absolute atomic E-state index is 14.6. The number of hydrogen-bond acceptors (Lipinski definition) is 7. The van der Waals surface area contributed by atoms with Crippen LogP contribution in [-0.4, -0.2) is 39.5 Å². The van der Waals surface area contributed by atoms with Crippen molar-refractivity contribution in [1.82, 2.24) is 9.71 Å². The van der Waals surface area contributed by atoms with E-state index in [1.165, 1.54) is 31.4 Å². The molecule has 0 aliphatic carbocycles. The number of carbonyl (C=O) groups is 1. The molecule has 0 unspecified atom stereocenters. The van der Waals surface area contributed by atoms with E-state index in [0.29, 0.717) is 16.8 Å². The van der Waals surface area contributed by atoms with Gasteiger partial charge in [0.2, 0.25) is 0 Å². The van der Waals surface area contributed by atoms with E-state index >= 15 is 0 Å². The minimum atomic E-state index is -4.35. The second kappa shape index (κ2) is 8.45. The molecule has 1 N–H and O–H groups in total. The van der Waals surface area contributed by atoms with E-state index in [1.807, 2.05) is 9.62 Å². The average molecular weight is 482 g/mol. The Balaban J connectivity index is 1.46. The lowest BCUT2D eigenvalue weighted by atomic mass is 10.1. The summed E-state index contributed by atoms with van der Waals surface area (Å²) in [5, 5.41) is 0.1000. The van der Waals surface area contributed by atoms with Crippen LogP contribution in [-0.2, 0) is 10.0 Å². The highest BCUT2D eigenvalue weighted by atomic mass is 32.2. The van der Waals surface area contributed by atoms with Crippen molar-refractivity contribution in [2.24, 2.45) is 0 Å². The third kappa shape index (κ3) is 3.96. The molecule has 3 heterocycles. The van der Waals surface area contributed by atoms with Gasteiger partial charge >= 0.3 is 5.91 Å². The predicted molar refractivity (Wildman–Crippen MR) is 124 cm³/mol. The summed E-state index contributed by atoms with van der Waals surface area (Å²) >= 11 is 0. The van der Waals surface area contributed by atoms with E-state index in [0.717, 1.165) is 19.5 Å². The van der Waals surface area contributed by atoms with Crippen LogP contribution < -0.4 is 14.4 Å². The second-order valence-electron chi connectivity index (χ2n) is 7.83. The molecule has 2 aromatic carbocycles. The number of carbonyl (C=O) groups excluding carboxylic acids is 1. The van der Waals surface area contributed by atoms with Crippen LogP contribution in [0.3, 0.4) is 0 Å². The number of amides is 1. The van der Waals surface area contributed by atoms with Gasteiger partial charge in [-0.1, -0.05) is 12.1 Å². The molecule has 0 spiro atoms. The predicted octanol–water partition coefficient (Wildman–Crippen LogP) is 3.97. The summed E-state index contributed by atoms with van der Waals surface area (Å²) in [7, 11) is -3.02. The molecule has 34 heavy (non-hydrogen) atoms. The lowest BCUT2D eigenvalue weighted by Gasteiger charge is -2.33. The van der Waals surface area contributed by atoms with Crippen LogP contribution >= 0.6 is 0 Å². The fourth-order valence-electron chi connectivity index (χ4n) is 3.78. The molecule has 0 bridgehead atoms. The third-order valence-electron chi connectivity index (χ3n) is 5.69. The first-order valence-electron chi connectivity index (χ1n) is 10.5. The minimum absolute atomic E-state index is 0.0581. The van der Waals surface area contributed by atoms with Crippen molar-refractivity contribution < 1.29 is 26.8 Å². The first-order chi connectivity index (χ1) is 16.4. The highest BCUT2D eigenvalue weighted by Crippen LogP contribution is 2.32. The van der Waals surface area contributed by atoms with E-state index in [4.69, 9.17) is 9.15 Å². The van der Waals surface area contributed by atoms with Gasteiger partial charge < -0.3 is 14.1 Å². The number of nitrogens with zero attached hydrogens (tertiary/aromatic N) is 2. The molecule has 0 radical (unpaired) electrons. The van der Waals surface area contributed by atoms with E-state index in [-0.39, 0.29) is 27.4 Å². The molecule has 174 valence electrons. The second-order valence-corrected chi connectivity index (χ2v) is 9.48. The maximum Gasteiger partial charge on any atom is 0.300 e. The molecular weight excluding hydrogens is 461 g/mol. The molecule has 4 aromatic rings. The van der Waals surface area contributed by atoms with Crippen LogP contribution in [0.2, 0.25) is 0 Å². The van der Waals surface area contributed by atoms with Crippen LogP contribution in [0.15, 0.2) is 70.2 Å². The van der Waals surface area contributed by atoms with Crippen LogP contribution in [0.4, 0.5) is 10.1 Å². The number of fused-ring (bicyclic) bond motifs is 1. The number of aromatic nitrogens is 1. The highest BCUT2D eigenvalue weighted by molar-refractivity contribution is 7.90. The van der Waals surface area contributed by atoms with E-state index in [9.17, 15) is 17.6 Å². The number of rotatable bonds is 6. The molecule has 0 atom stereocenters. The van der Waals surface area contributed by atoms with E-state index in [1.54, 1.807) is 36.7 Å². The van der Waals surface area contributed by atoms with Gasteiger partial charge in [0, 0.05) is 48.9 Å². The van der Waals surface area contributed by atoms with Gasteiger partial charge in [0.25, 0.3) is 10.0 Å². The molecule has 1 aliphatic heterocycles. The maximum atomic E-state index is 14.6. The number of nitrogens with one attached hydrogen (secondary N) is 1. The summed E-state index contributed by atoms with van der Waals surface area (Å²) < 4.78 is 53.5. The summed E-state index contributed by atoms with van der Waals surface area (Å²) in [6.07, 6.45) is 4.22. The summed E-state index contributed by atoms with van der Waals surface area (Å²) in [4.78, 5) is 18.6. The molecule has 8 nitrogen and oxygen atoms in total. The lowest BCUT2D eigenvalue weighted by molar-refractivity contribution is 0.0956. The Hall–Kier alpha value is -3.92. The van der Waals surface area contributed by atoms with Gasteiger partial charge in [-0.2, -0.15) is 0 Å². The van der Waals surface area contributed by atoms with Gasteiger partial charge in [-0.15, -0.1) is 0 Å². The lowest BCUT2D eigenvalue weighted by Crippen LogP contribution is -2.36. The van der Waals surface area contributed by atoms with Gasteiger partial charge in [-0.3, -0.25) is 9.78 Å². The highest BCUT2D eigenvalue weighted by Gasteiger charge is 2.26. The van der Waals surface area contributed by atoms with Crippen molar-refractivity contribution in [3.8, 4) is 16.9 Å². The number of benzene rings is 2. The molecule has 1 aliphatic rings. The van der Waals surface area contributed by atoms with Crippen molar-refractivity contribution >= 4 is 32.6 Å². The monoisotopic (exact) mass is 481 g/mol. The minimum Gasteiger partial charge on any atom is -0.495 e. The van der Waals surface area contributed by atoms with Crippen LogP contribution in [0.1, 0.15) is 17.0 Å². The molecule has 0 saturated carbocycles. The fourth-order valence-corrected chi connectivity index (χ4v) is 4.93. The van der Waals surface area contributed by atoms with E-state index in [2.05, 4.69) is 4.98 Å². The standard InChI is InChI=1S/C24H20FN3O5S/c1-32-20-6-5-15(16-4-2-7-26-14-16)10-23(20)34(30,31)27-24(29)22-13-18-19(25)11-17(12-21(18)33-22)28-8-3-9-28/h2,4-7,10-14H,3,8-9H2,1H3,(H,27,29). The number of methoxy groups -OCH3 is 1. The molecule has 2 aromatic heterocycles. The Morgan fingerprint density at radius 3 is 2.65 bits per heavy atom. The zero-order chi connectivity index (χ0) is 23.9. The topological polar surface area (TPSA) is 102 Å².